The second-order valence-corrected chi connectivity index (χ2v) is 7.84. The number of nitrogens with one attached hydrogen (secondary N) is 1. The lowest BCUT2D eigenvalue weighted by Crippen LogP contribution is -2.40. The number of benzene rings is 2. The molecule has 0 aromatic heterocycles. The number of alkyl halides is 2. The van der Waals surface area contributed by atoms with Gasteiger partial charge in [0.25, 0.3) is 0 Å². The third kappa shape index (κ3) is 6.14. The molecular weight excluding hydrogens is 437 g/mol. The van der Waals surface area contributed by atoms with Gasteiger partial charge in [-0.25, -0.2) is 0 Å². The summed E-state index contributed by atoms with van der Waals surface area (Å²) in [6, 6.07) is 10.9. The summed E-state index contributed by atoms with van der Waals surface area (Å²) >= 11 is 11.8. The Hall–Kier alpha value is -2.22. The molecule has 0 radical (unpaired) electrons. The fourth-order valence-corrected chi connectivity index (χ4v) is 3.73. The van der Waals surface area contributed by atoms with Crippen LogP contribution in [0.3, 0.4) is 0 Å². The van der Waals surface area contributed by atoms with Gasteiger partial charge in [0.15, 0.2) is 5.78 Å². The van der Waals surface area contributed by atoms with Crippen molar-refractivity contribution in [1.29, 1.82) is 0 Å². The van der Waals surface area contributed by atoms with Gasteiger partial charge in [-0.3, -0.25) is 14.5 Å². The van der Waals surface area contributed by atoms with Crippen LogP contribution in [0, 0.1) is 5.92 Å². The molecule has 0 spiro atoms. The molecule has 1 fully saturated rings. The van der Waals surface area contributed by atoms with Crippen LogP contribution < -0.4 is 10.1 Å². The Kier molecular flexibility index (Phi) is 7.64. The molecular formula is C21H20Cl2F2N2O3. The highest BCUT2D eigenvalue weighted by Gasteiger charge is 2.26. The van der Waals surface area contributed by atoms with Crippen molar-refractivity contribution in [2.45, 2.75) is 19.5 Å². The number of ketones is 1. The summed E-state index contributed by atoms with van der Waals surface area (Å²) in [6.45, 7) is -1.56. The van der Waals surface area contributed by atoms with E-state index in [1.54, 1.807) is 24.3 Å². The van der Waals surface area contributed by atoms with Crippen molar-refractivity contribution in [3.8, 4) is 5.75 Å². The summed E-state index contributed by atoms with van der Waals surface area (Å²) < 4.78 is 28.8. The van der Waals surface area contributed by atoms with E-state index in [2.05, 4.69) is 10.1 Å². The van der Waals surface area contributed by atoms with Crippen LogP contribution in [0.1, 0.15) is 23.2 Å². The molecule has 30 heavy (non-hydrogen) atoms. The van der Waals surface area contributed by atoms with Crippen molar-refractivity contribution in [2.75, 3.05) is 25.0 Å². The van der Waals surface area contributed by atoms with Crippen molar-refractivity contribution in [3.05, 3.63) is 58.1 Å². The van der Waals surface area contributed by atoms with Gasteiger partial charge in [0.2, 0.25) is 5.91 Å². The highest BCUT2D eigenvalue weighted by molar-refractivity contribution is 6.32. The Morgan fingerprint density at radius 1 is 1.10 bits per heavy atom. The van der Waals surface area contributed by atoms with E-state index in [0.717, 1.165) is 0 Å². The molecule has 5 nitrogen and oxygen atoms in total. The standard InChI is InChI=1S/C21H20Cl2F2N2O3/c22-15-3-1-13(2-4-15)20(29)14-7-9-27(10-8-14)12-19(28)26-16-5-6-18(17(23)11-16)30-21(24)25/h1-6,11,14,21H,7-10,12H2,(H,26,28). The third-order valence-corrected chi connectivity index (χ3v) is 5.43. The summed E-state index contributed by atoms with van der Waals surface area (Å²) in [5, 5.41) is 3.26. The van der Waals surface area contributed by atoms with Gasteiger partial charge in [-0.2, -0.15) is 8.78 Å². The number of likely N-dealkylation sites (tertiary alicyclic amines) is 1. The van der Waals surface area contributed by atoms with Gasteiger partial charge >= 0.3 is 6.61 Å². The number of anilines is 1. The fourth-order valence-electron chi connectivity index (χ4n) is 3.38. The monoisotopic (exact) mass is 456 g/mol. The number of ether oxygens (including phenoxy) is 1. The second-order valence-electron chi connectivity index (χ2n) is 6.99. The second kappa shape index (κ2) is 10.2. The van der Waals surface area contributed by atoms with E-state index in [-0.39, 0.29) is 34.9 Å². The van der Waals surface area contributed by atoms with Crippen LogP contribution in [0.5, 0.6) is 5.75 Å². The zero-order valence-electron chi connectivity index (χ0n) is 15.9. The average molecular weight is 457 g/mol. The molecule has 1 N–H and O–H groups in total. The van der Waals surface area contributed by atoms with E-state index in [4.69, 9.17) is 23.2 Å². The van der Waals surface area contributed by atoms with Gasteiger partial charge in [0.1, 0.15) is 5.75 Å². The predicted octanol–water partition coefficient (Wildman–Crippen LogP) is 5.13. The first-order chi connectivity index (χ1) is 14.3. The van der Waals surface area contributed by atoms with Crippen molar-refractivity contribution < 1.29 is 23.1 Å². The number of hydrogen-bond donors (Lipinski definition) is 1. The smallest absolute Gasteiger partial charge is 0.387 e. The number of amides is 1. The van der Waals surface area contributed by atoms with Crippen LogP contribution in [0.2, 0.25) is 10.0 Å². The van der Waals surface area contributed by atoms with Gasteiger partial charge < -0.3 is 10.1 Å². The van der Waals surface area contributed by atoms with Crippen molar-refractivity contribution in [2.24, 2.45) is 5.92 Å². The normalized spacial score (nSPS) is 15.2. The zero-order chi connectivity index (χ0) is 21.7. The minimum Gasteiger partial charge on any atom is -0.433 e. The molecule has 0 unspecified atom stereocenters. The van der Waals surface area contributed by atoms with Gasteiger partial charge in [-0.1, -0.05) is 23.2 Å². The lowest BCUT2D eigenvalue weighted by molar-refractivity contribution is -0.117. The maximum Gasteiger partial charge on any atom is 0.387 e. The molecule has 1 aliphatic heterocycles. The molecule has 1 saturated heterocycles. The van der Waals surface area contributed by atoms with Crippen LogP contribution in [-0.4, -0.2) is 42.8 Å². The molecule has 1 heterocycles. The highest BCUT2D eigenvalue weighted by Crippen LogP contribution is 2.29. The van der Waals surface area contributed by atoms with Gasteiger partial charge in [-0.15, -0.1) is 0 Å². The summed E-state index contributed by atoms with van der Waals surface area (Å²) in [6.07, 6.45) is 1.33. The van der Waals surface area contributed by atoms with Crippen LogP contribution in [0.4, 0.5) is 14.5 Å². The van der Waals surface area contributed by atoms with Crippen molar-refractivity contribution >= 4 is 40.6 Å². The molecule has 160 valence electrons. The number of Topliss-reactive ketones (excluding diaryl/α,β-unsaturated/α-hetero) is 1. The molecule has 0 atom stereocenters. The fraction of sp³-hybridized carbons (Fsp3) is 0.333. The lowest BCUT2D eigenvalue weighted by atomic mass is 9.89. The number of halogens is 4. The molecule has 0 aliphatic carbocycles. The van der Waals surface area contributed by atoms with Gasteiger partial charge in [0, 0.05) is 22.2 Å². The highest BCUT2D eigenvalue weighted by atomic mass is 35.5. The predicted molar refractivity (Wildman–Crippen MR) is 112 cm³/mol. The SMILES string of the molecule is O=C(CN1CCC(C(=O)c2ccc(Cl)cc2)CC1)Nc1ccc(OC(F)F)c(Cl)c1. The summed E-state index contributed by atoms with van der Waals surface area (Å²) in [5.41, 5.74) is 1.03. The Labute approximate surface area is 182 Å². The van der Waals surface area contributed by atoms with Crippen LogP contribution in [0.15, 0.2) is 42.5 Å². The molecule has 9 heteroatoms. The third-order valence-electron chi connectivity index (χ3n) is 4.89. The van der Waals surface area contributed by atoms with Crippen LogP contribution in [-0.2, 0) is 4.79 Å². The molecule has 2 aromatic carbocycles. The Bertz CT molecular complexity index is 902. The van der Waals surface area contributed by atoms with Gasteiger partial charge in [-0.05, 0) is 68.4 Å². The van der Waals surface area contributed by atoms with E-state index < -0.39 is 6.61 Å². The summed E-state index contributed by atoms with van der Waals surface area (Å²) in [7, 11) is 0. The van der Waals surface area contributed by atoms with Crippen molar-refractivity contribution in [3.63, 3.8) is 0 Å². The number of carbonyl (C=O) groups excluding carboxylic acids is 2. The molecule has 0 saturated carbocycles. The maximum atomic E-state index is 12.6. The van der Waals surface area contributed by atoms with E-state index >= 15 is 0 Å². The molecule has 1 aliphatic rings. The minimum atomic E-state index is -2.97. The molecule has 1 amide bonds. The number of rotatable bonds is 7. The van der Waals surface area contributed by atoms with E-state index in [1.807, 2.05) is 4.90 Å². The molecule has 2 aromatic rings. The van der Waals surface area contributed by atoms with Crippen LogP contribution >= 0.6 is 23.2 Å². The van der Waals surface area contributed by atoms with Crippen molar-refractivity contribution in [1.82, 2.24) is 4.90 Å². The Morgan fingerprint density at radius 3 is 2.37 bits per heavy atom. The number of carbonyl (C=O) groups is 2. The Morgan fingerprint density at radius 2 is 1.77 bits per heavy atom. The van der Waals surface area contributed by atoms with E-state index in [9.17, 15) is 18.4 Å². The van der Waals surface area contributed by atoms with E-state index in [1.165, 1.54) is 18.2 Å². The average Bonchev–Trinajstić information content (AvgIpc) is 2.70. The zero-order valence-corrected chi connectivity index (χ0v) is 17.4. The quantitative estimate of drug-likeness (QED) is 0.586. The molecule has 3 rings (SSSR count). The maximum absolute atomic E-state index is 12.6. The minimum absolute atomic E-state index is 0.0189. The molecule has 0 bridgehead atoms. The Balaban J connectivity index is 1.47. The van der Waals surface area contributed by atoms with Crippen LogP contribution in [0.25, 0.3) is 0 Å². The van der Waals surface area contributed by atoms with E-state index in [0.29, 0.717) is 42.2 Å². The lowest BCUT2D eigenvalue weighted by Gasteiger charge is -2.30. The first-order valence-electron chi connectivity index (χ1n) is 9.38. The topological polar surface area (TPSA) is 58.6 Å². The first-order valence-corrected chi connectivity index (χ1v) is 10.1. The largest absolute Gasteiger partial charge is 0.433 e. The number of hydrogen-bond acceptors (Lipinski definition) is 4. The number of piperidine rings is 1. The summed E-state index contributed by atoms with van der Waals surface area (Å²) in [4.78, 5) is 26.9. The van der Waals surface area contributed by atoms with Gasteiger partial charge in [0.05, 0.1) is 11.6 Å². The summed E-state index contributed by atoms with van der Waals surface area (Å²) in [5.74, 6) is -0.392. The first kappa shape index (κ1) is 22.5. The number of nitrogens with zero attached hydrogens (tertiary/aromatic N) is 1.